The molecule has 0 bridgehead atoms. The van der Waals surface area contributed by atoms with E-state index in [1.165, 1.54) is 12.3 Å². The minimum absolute atomic E-state index is 0.184. The molecule has 0 saturated heterocycles. The van der Waals surface area contributed by atoms with Crippen molar-refractivity contribution in [1.29, 1.82) is 0 Å². The van der Waals surface area contributed by atoms with Gasteiger partial charge in [0.1, 0.15) is 0 Å². The van der Waals surface area contributed by atoms with Gasteiger partial charge in [-0.3, -0.25) is 0 Å². The third-order valence-electron chi connectivity index (χ3n) is 1.95. The minimum Gasteiger partial charge on any atom is -0.391 e. The molecule has 6 heteroatoms. The fourth-order valence-electron chi connectivity index (χ4n) is 0.979. The van der Waals surface area contributed by atoms with Gasteiger partial charge in [-0.05, 0) is 22.4 Å². The van der Waals surface area contributed by atoms with E-state index in [0.29, 0.717) is 18.7 Å². The summed E-state index contributed by atoms with van der Waals surface area (Å²) in [6, 6.07) is 2.88. The van der Waals surface area contributed by atoms with Gasteiger partial charge in [-0.1, -0.05) is 6.92 Å². The van der Waals surface area contributed by atoms with Crippen molar-refractivity contribution in [2.75, 3.05) is 11.9 Å². The molecule has 0 amide bonds. The van der Waals surface area contributed by atoms with E-state index in [1.807, 2.05) is 6.92 Å². The molecule has 1 aromatic heterocycles. The van der Waals surface area contributed by atoms with Gasteiger partial charge in [0, 0.05) is 12.6 Å². The van der Waals surface area contributed by atoms with Crippen LogP contribution in [0.4, 0.5) is 11.5 Å². The molecular formula is C9H13N3O3. The van der Waals surface area contributed by atoms with Crippen molar-refractivity contribution in [3.63, 3.8) is 0 Å². The number of hydrogen-bond acceptors (Lipinski definition) is 5. The van der Waals surface area contributed by atoms with Crippen LogP contribution in [0.5, 0.6) is 0 Å². The monoisotopic (exact) mass is 211 g/mol. The second kappa shape index (κ2) is 5.26. The van der Waals surface area contributed by atoms with E-state index in [2.05, 4.69) is 10.3 Å². The van der Waals surface area contributed by atoms with Gasteiger partial charge >= 0.3 is 5.82 Å². The highest BCUT2D eigenvalue weighted by Gasteiger charge is 2.06. The van der Waals surface area contributed by atoms with E-state index in [-0.39, 0.29) is 5.82 Å². The van der Waals surface area contributed by atoms with Crippen molar-refractivity contribution in [3.05, 3.63) is 28.4 Å². The average molecular weight is 211 g/mol. The molecule has 15 heavy (non-hydrogen) atoms. The lowest BCUT2D eigenvalue weighted by Gasteiger charge is -2.08. The molecule has 2 N–H and O–H groups in total. The normalized spacial score (nSPS) is 12.1. The van der Waals surface area contributed by atoms with E-state index < -0.39 is 11.0 Å². The number of nitrogens with zero attached hydrogens (tertiary/aromatic N) is 2. The van der Waals surface area contributed by atoms with Crippen molar-refractivity contribution < 1.29 is 10.0 Å². The quantitative estimate of drug-likeness (QED) is 0.563. The fourth-order valence-corrected chi connectivity index (χ4v) is 0.979. The third-order valence-corrected chi connectivity index (χ3v) is 1.95. The van der Waals surface area contributed by atoms with E-state index in [4.69, 9.17) is 0 Å². The number of nitro groups is 1. The lowest BCUT2D eigenvalue weighted by atomic mass is 10.3. The Morgan fingerprint density at radius 2 is 2.40 bits per heavy atom. The first-order valence-electron chi connectivity index (χ1n) is 4.66. The summed E-state index contributed by atoms with van der Waals surface area (Å²) in [5, 5.41) is 22.5. The van der Waals surface area contributed by atoms with E-state index in [0.717, 1.165) is 0 Å². The molecular weight excluding hydrogens is 198 g/mol. The second-order valence-electron chi connectivity index (χ2n) is 3.11. The van der Waals surface area contributed by atoms with Gasteiger partial charge in [0.25, 0.3) is 0 Å². The van der Waals surface area contributed by atoms with Crippen LogP contribution >= 0.6 is 0 Å². The average Bonchev–Trinajstić information content (AvgIpc) is 2.26. The Bertz CT molecular complexity index is 326. The number of rotatable bonds is 5. The first-order chi connectivity index (χ1) is 7.13. The van der Waals surface area contributed by atoms with Crippen LogP contribution in [0.1, 0.15) is 13.3 Å². The van der Waals surface area contributed by atoms with Crippen molar-refractivity contribution >= 4 is 11.5 Å². The molecule has 1 aromatic rings. The van der Waals surface area contributed by atoms with E-state index >= 15 is 0 Å². The standard InChI is InChI=1S/C9H13N3O3/c1-2-8(13)6-10-7-3-4-9(11-5-7)12(14)15/h3-5,8,10,13H,2,6H2,1H3. The zero-order valence-electron chi connectivity index (χ0n) is 8.38. The molecule has 1 atom stereocenters. The number of aromatic nitrogens is 1. The topological polar surface area (TPSA) is 88.3 Å². The van der Waals surface area contributed by atoms with Gasteiger partial charge in [0.2, 0.25) is 0 Å². The van der Waals surface area contributed by atoms with Gasteiger partial charge in [-0.15, -0.1) is 0 Å². The highest BCUT2D eigenvalue weighted by molar-refractivity contribution is 5.43. The largest absolute Gasteiger partial charge is 0.391 e. The summed E-state index contributed by atoms with van der Waals surface area (Å²) in [7, 11) is 0. The molecule has 0 radical (unpaired) electrons. The Morgan fingerprint density at radius 3 is 2.87 bits per heavy atom. The summed E-state index contributed by atoms with van der Waals surface area (Å²) in [5.74, 6) is -0.184. The summed E-state index contributed by atoms with van der Waals surface area (Å²) in [4.78, 5) is 13.4. The van der Waals surface area contributed by atoms with Crippen LogP contribution in [0.25, 0.3) is 0 Å². The molecule has 1 rings (SSSR count). The molecule has 0 aliphatic rings. The fraction of sp³-hybridized carbons (Fsp3) is 0.444. The van der Waals surface area contributed by atoms with Crippen LogP contribution < -0.4 is 5.32 Å². The van der Waals surface area contributed by atoms with Crippen molar-refractivity contribution in [2.45, 2.75) is 19.4 Å². The van der Waals surface area contributed by atoms with Crippen molar-refractivity contribution in [3.8, 4) is 0 Å². The summed E-state index contributed by atoms with van der Waals surface area (Å²) >= 11 is 0. The van der Waals surface area contributed by atoms with Crippen LogP contribution in [-0.4, -0.2) is 27.7 Å². The Balaban J connectivity index is 2.53. The first-order valence-corrected chi connectivity index (χ1v) is 4.66. The van der Waals surface area contributed by atoms with Crippen molar-refractivity contribution in [2.24, 2.45) is 0 Å². The molecule has 0 spiro atoms. The summed E-state index contributed by atoms with van der Waals surface area (Å²) < 4.78 is 0. The zero-order chi connectivity index (χ0) is 11.3. The number of anilines is 1. The Labute approximate surface area is 87.1 Å². The van der Waals surface area contributed by atoms with Gasteiger partial charge in [0.15, 0.2) is 6.20 Å². The molecule has 1 heterocycles. The van der Waals surface area contributed by atoms with Gasteiger partial charge in [-0.2, -0.15) is 0 Å². The highest BCUT2D eigenvalue weighted by Crippen LogP contribution is 2.11. The minimum atomic E-state index is -0.551. The summed E-state index contributed by atoms with van der Waals surface area (Å²) in [5.41, 5.74) is 0.660. The number of nitrogens with one attached hydrogen (secondary N) is 1. The molecule has 6 nitrogen and oxygen atoms in total. The van der Waals surface area contributed by atoms with E-state index in [9.17, 15) is 15.2 Å². The number of pyridine rings is 1. The van der Waals surface area contributed by atoms with Gasteiger partial charge in [-0.25, -0.2) is 0 Å². The van der Waals surface area contributed by atoms with Crippen LogP contribution in [-0.2, 0) is 0 Å². The first kappa shape index (κ1) is 11.4. The maximum absolute atomic E-state index is 10.3. The van der Waals surface area contributed by atoms with Gasteiger partial charge < -0.3 is 20.5 Å². The van der Waals surface area contributed by atoms with Crippen LogP contribution in [0.3, 0.4) is 0 Å². The summed E-state index contributed by atoms with van der Waals surface area (Å²) in [6.45, 7) is 2.29. The zero-order valence-corrected chi connectivity index (χ0v) is 8.38. The maximum atomic E-state index is 10.3. The molecule has 0 aliphatic carbocycles. The number of aliphatic hydroxyl groups excluding tert-OH is 1. The molecule has 1 unspecified atom stereocenters. The van der Waals surface area contributed by atoms with Crippen LogP contribution in [0.15, 0.2) is 18.3 Å². The second-order valence-corrected chi connectivity index (χ2v) is 3.11. The highest BCUT2D eigenvalue weighted by atomic mass is 16.6. The molecule has 0 saturated carbocycles. The Kier molecular flexibility index (Phi) is 3.99. The molecule has 0 aliphatic heterocycles. The van der Waals surface area contributed by atoms with E-state index in [1.54, 1.807) is 6.07 Å². The number of aliphatic hydroxyl groups is 1. The summed E-state index contributed by atoms with van der Waals surface area (Å²) in [6.07, 6.45) is 1.62. The number of hydrogen-bond donors (Lipinski definition) is 2. The Hall–Kier alpha value is -1.69. The lowest BCUT2D eigenvalue weighted by molar-refractivity contribution is -0.389. The molecule has 0 aromatic carbocycles. The Morgan fingerprint density at radius 1 is 1.67 bits per heavy atom. The predicted octanol–water partition coefficient (Wildman–Crippen LogP) is 1.17. The van der Waals surface area contributed by atoms with Crippen LogP contribution in [0, 0.1) is 10.1 Å². The predicted molar refractivity (Wildman–Crippen MR) is 55.7 cm³/mol. The maximum Gasteiger partial charge on any atom is 0.363 e. The molecule has 0 fully saturated rings. The van der Waals surface area contributed by atoms with Crippen molar-refractivity contribution in [1.82, 2.24) is 4.98 Å². The van der Waals surface area contributed by atoms with Crippen LogP contribution in [0.2, 0.25) is 0 Å². The molecule has 82 valence electrons. The third kappa shape index (κ3) is 3.51. The SMILES string of the molecule is CCC(O)CNc1ccc([N+](=O)[O-])nc1. The smallest absolute Gasteiger partial charge is 0.363 e. The lowest BCUT2D eigenvalue weighted by Crippen LogP contribution is -2.18. The van der Waals surface area contributed by atoms with Gasteiger partial charge in [0.05, 0.1) is 11.8 Å².